The predicted molar refractivity (Wildman–Crippen MR) is 123 cm³/mol. The second-order valence-electron chi connectivity index (χ2n) is 7.45. The van der Waals surface area contributed by atoms with Gasteiger partial charge in [0.1, 0.15) is 4.90 Å². The molecule has 0 unspecified atom stereocenters. The number of fused-ring (bicyclic) bond motifs is 1. The molecule has 7 nitrogen and oxygen atoms in total. The number of benzene rings is 3. The summed E-state index contributed by atoms with van der Waals surface area (Å²) in [6.45, 7) is 0. The molecule has 2 aromatic heterocycles. The Morgan fingerprint density at radius 2 is 1.48 bits per heavy atom. The van der Waals surface area contributed by atoms with E-state index in [0.717, 1.165) is 0 Å². The third kappa shape index (κ3) is 3.42. The van der Waals surface area contributed by atoms with E-state index in [4.69, 9.17) is 5.73 Å². The van der Waals surface area contributed by atoms with Crippen LogP contribution in [0.1, 0.15) is 0 Å². The highest BCUT2D eigenvalue weighted by molar-refractivity contribution is 7.91. The second kappa shape index (κ2) is 7.79. The number of sulfone groups is 1. The van der Waals surface area contributed by atoms with Crippen molar-refractivity contribution in [3.63, 3.8) is 0 Å². The van der Waals surface area contributed by atoms with Gasteiger partial charge in [-0.1, -0.05) is 54.6 Å². The number of anilines is 1. The van der Waals surface area contributed by atoms with Gasteiger partial charge in [0.05, 0.1) is 11.0 Å². The van der Waals surface area contributed by atoms with E-state index in [-0.39, 0.29) is 22.2 Å². The van der Waals surface area contributed by atoms with Crippen molar-refractivity contribution in [3.8, 4) is 22.3 Å². The van der Waals surface area contributed by atoms with Gasteiger partial charge in [0, 0.05) is 36.1 Å². The molecule has 0 aliphatic heterocycles. The second-order valence-corrected chi connectivity index (χ2v) is 9.23. The van der Waals surface area contributed by atoms with Crippen molar-refractivity contribution >= 4 is 26.8 Å². The molecule has 33 heavy (non-hydrogen) atoms. The molecule has 0 aliphatic rings. The van der Waals surface area contributed by atoms with E-state index in [1.807, 2.05) is 0 Å². The number of halogens is 1. The van der Waals surface area contributed by atoms with Crippen molar-refractivity contribution in [2.75, 3.05) is 5.73 Å². The first-order valence-electron chi connectivity index (χ1n) is 10.0. The van der Waals surface area contributed by atoms with Gasteiger partial charge in [-0.3, -0.25) is 0 Å². The summed E-state index contributed by atoms with van der Waals surface area (Å²) in [4.78, 5) is 11.7. The molecule has 0 atom stereocenters. The molecule has 9 heteroatoms. The standard InChI is InChI=1S/C24H18FN5O2S/c1-30-20-10-6-5-9-19(20)29-24(30)33(31,32)22-18(15-7-3-2-4-8-15)12-11-17(21(22)25)16-13-27-23(26)28-14-16/h2-14H,1H3,(H2,26,27,28). The molecule has 0 amide bonds. The maximum atomic E-state index is 16.1. The molecule has 2 heterocycles. The first-order valence-corrected chi connectivity index (χ1v) is 11.5. The Morgan fingerprint density at radius 1 is 0.848 bits per heavy atom. The van der Waals surface area contributed by atoms with Crippen LogP contribution in [0.3, 0.4) is 0 Å². The normalized spacial score (nSPS) is 11.7. The fraction of sp³-hybridized carbons (Fsp3) is 0.0417. The SMILES string of the molecule is Cn1c(S(=O)(=O)c2c(-c3ccccc3)ccc(-c3cnc(N)nc3)c2F)nc2ccccc21. The average Bonchev–Trinajstić information content (AvgIpc) is 3.17. The van der Waals surface area contributed by atoms with Crippen molar-refractivity contribution in [2.45, 2.75) is 10.1 Å². The number of nitrogen functional groups attached to an aromatic ring is 1. The van der Waals surface area contributed by atoms with Gasteiger partial charge in [0.25, 0.3) is 0 Å². The number of aromatic nitrogens is 4. The van der Waals surface area contributed by atoms with E-state index in [0.29, 0.717) is 22.2 Å². The fourth-order valence-corrected chi connectivity index (χ4v) is 5.50. The Morgan fingerprint density at radius 3 is 2.18 bits per heavy atom. The average molecular weight is 460 g/mol. The van der Waals surface area contributed by atoms with E-state index in [1.54, 1.807) is 67.7 Å². The van der Waals surface area contributed by atoms with Gasteiger partial charge >= 0.3 is 0 Å². The minimum absolute atomic E-state index is 0.0348. The van der Waals surface area contributed by atoms with E-state index in [2.05, 4.69) is 15.0 Å². The van der Waals surface area contributed by atoms with Gasteiger partial charge in [-0.15, -0.1) is 0 Å². The Bertz CT molecular complexity index is 1600. The minimum Gasteiger partial charge on any atom is -0.368 e. The van der Waals surface area contributed by atoms with E-state index < -0.39 is 20.5 Å². The number of nitrogens with zero attached hydrogens (tertiary/aromatic N) is 4. The lowest BCUT2D eigenvalue weighted by Crippen LogP contribution is -2.13. The lowest BCUT2D eigenvalue weighted by Gasteiger charge is -2.15. The van der Waals surface area contributed by atoms with Gasteiger partial charge in [0.15, 0.2) is 5.82 Å². The van der Waals surface area contributed by atoms with E-state index in [1.165, 1.54) is 23.0 Å². The van der Waals surface area contributed by atoms with Crippen LogP contribution >= 0.6 is 0 Å². The number of aryl methyl sites for hydroxylation is 1. The van der Waals surface area contributed by atoms with Crippen molar-refractivity contribution in [3.05, 3.63) is 84.9 Å². The van der Waals surface area contributed by atoms with Gasteiger partial charge < -0.3 is 10.3 Å². The lowest BCUT2D eigenvalue weighted by atomic mass is 10.0. The summed E-state index contributed by atoms with van der Waals surface area (Å²) in [5.74, 6) is -0.871. The molecule has 0 saturated heterocycles. The summed E-state index contributed by atoms with van der Waals surface area (Å²) in [7, 11) is -2.77. The molecule has 5 aromatic rings. The summed E-state index contributed by atoms with van der Waals surface area (Å²) < 4.78 is 45.3. The zero-order chi connectivity index (χ0) is 23.2. The molecule has 5 rings (SSSR count). The monoisotopic (exact) mass is 459 g/mol. The van der Waals surface area contributed by atoms with Crippen LogP contribution in [0.2, 0.25) is 0 Å². The Kier molecular flexibility index (Phi) is 4.90. The largest absolute Gasteiger partial charge is 0.368 e. The first kappa shape index (κ1) is 20.8. The number of hydrogen-bond acceptors (Lipinski definition) is 6. The third-order valence-electron chi connectivity index (χ3n) is 5.42. The molecule has 0 bridgehead atoms. The first-order chi connectivity index (χ1) is 15.9. The van der Waals surface area contributed by atoms with Crippen LogP contribution in [0.4, 0.5) is 10.3 Å². The van der Waals surface area contributed by atoms with Crippen molar-refractivity contribution < 1.29 is 12.8 Å². The van der Waals surface area contributed by atoms with E-state index >= 15 is 4.39 Å². The predicted octanol–water partition coefficient (Wildman–Crippen LogP) is 4.25. The van der Waals surface area contributed by atoms with Gasteiger partial charge in [-0.25, -0.2) is 27.8 Å². The fourth-order valence-electron chi connectivity index (χ4n) is 3.82. The van der Waals surface area contributed by atoms with Crippen molar-refractivity contribution in [2.24, 2.45) is 7.05 Å². The lowest BCUT2D eigenvalue weighted by molar-refractivity contribution is 0.559. The van der Waals surface area contributed by atoms with Crippen LogP contribution in [-0.4, -0.2) is 27.9 Å². The quantitative estimate of drug-likeness (QED) is 0.431. The maximum absolute atomic E-state index is 16.1. The zero-order valence-corrected chi connectivity index (χ0v) is 18.3. The zero-order valence-electron chi connectivity index (χ0n) is 17.5. The van der Waals surface area contributed by atoms with Gasteiger partial charge in [-0.2, -0.15) is 0 Å². The molecule has 0 saturated carbocycles. The highest BCUT2D eigenvalue weighted by Gasteiger charge is 2.32. The number of para-hydroxylation sites is 2. The van der Waals surface area contributed by atoms with Crippen LogP contribution in [0.5, 0.6) is 0 Å². The van der Waals surface area contributed by atoms with Crippen LogP contribution in [0.25, 0.3) is 33.3 Å². The third-order valence-corrected chi connectivity index (χ3v) is 7.20. The number of hydrogen-bond donors (Lipinski definition) is 1. The summed E-state index contributed by atoms with van der Waals surface area (Å²) in [6.07, 6.45) is 2.71. The van der Waals surface area contributed by atoms with E-state index in [9.17, 15) is 8.42 Å². The maximum Gasteiger partial charge on any atom is 0.243 e. The number of rotatable bonds is 4. The minimum atomic E-state index is -4.37. The Balaban J connectivity index is 1.82. The summed E-state index contributed by atoms with van der Waals surface area (Å²) in [5, 5.41) is -0.245. The molecular formula is C24H18FN5O2S. The van der Waals surface area contributed by atoms with Crippen LogP contribution < -0.4 is 5.73 Å². The summed E-state index contributed by atoms with van der Waals surface area (Å²) in [5.41, 5.74) is 7.83. The topological polar surface area (TPSA) is 104 Å². The van der Waals surface area contributed by atoms with Crippen LogP contribution in [0.15, 0.2) is 89.2 Å². The summed E-state index contributed by atoms with van der Waals surface area (Å²) >= 11 is 0. The Labute approximate surface area is 189 Å². The molecule has 3 aromatic carbocycles. The molecule has 0 spiro atoms. The van der Waals surface area contributed by atoms with Crippen LogP contribution in [-0.2, 0) is 16.9 Å². The molecule has 0 fully saturated rings. The molecule has 0 radical (unpaired) electrons. The summed E-state index contributed by atoms with van der Waals surface area (Å²) in [6, 6.07) is 18.9. The van der Waals surface area contributed by atoms with Gasteiger partial charge in [-0.05, 0) is 17.7 Å². The molecule has 164 valence electrons. The van der Waals surface area contributed by atoms with Gasteiger partial charge in [0.2, 0.25) is 20.9 Å². The highest BCUT2D eigenvalue weighted by atomic mass is 32.2. The molecule has 2 N–H and O–H groups in total. The van der Waals surface area contributed by atoms with Crippen molar-refractivity contribution in [1.29, 1.82) is 0 Å². The highest BCUT2D eigenvalue weighted by Crippen LogP contribution is 2.38. The Hall–Kier alpha value is -4.11. The smallest absolute Gasteiger partial charge is 0.243 e. The number of nitrogens with two attached hydrogens (primary N) is 1. The number of imidazole rings is 1. The molecule has 0 aliphatic carbocycles. The van der Waals surface area contributed by atoms with Crippen LogP contribution in [0, 0.1) is 5.82 Å². The molecular weight excluding hydrogens is 441 g/mol. The van der Waals surface area contributed by atoms with Crippen molar-refractivity contribution in [1.82, 2.24) is 19.5 Å².